The minimum absolute atomic E-state index is 0.404. The highest BCUT2D eigenvalue weighted by molar-refractivity contribution is 7.57. The van der Waals surface area contributed by atoms with Crippen LogP contribution in [0.15, 0.2) is 11.9 Å². The van der Waals surface area contributed by atoms with E-state index in [0.717, 1.165) is 0 Å². The van der Waals surface area contributed by atoms with E-state index in [1.54, 1.807) is 26.8 Å². The minimum atomic E-state index is -2.90. The highest BCUT2D eigenvalue weighted by atomic mass is 31.2. The number of allylic oxidation sites excluding steroid dienone is 1. The summed E-state index contributed by atoms with van der Waals surface area (Å²) in [6, 6.07) is 0. The summed E-state index contributed by atoms with van der Waals surface area (Å²) < 4.78 is 21.4. The highest BCUT2D eigenvalue weighted by Gasteiger charge is 2.17. The summed E-state index contributed by atoms with van der Waals surface area (Å²) in [5.74, 6) is 1.47. The second kappa shape index (κ2) is 5.53. The van der Waals surface area contributed by atoms with E-state index in [-0.39, 0.29) is 0 Å². The minimum Gasteiger partial charge on any atom is -0.306 e. The zero-order chi connectivity index (χ0) is 8.74. The molecule has 0 aliphatic heterocycles. The molecule has 0 rings (SSSR count). The Balaban J connectivity index is 4.14. The molecule has 3 nitrogen and oxygen atoms in total. The van der Waals surface area contributed by atoms with Crippen molar-refractivity contribution in [2.75, 3.05) is 13.2 Å². The van der Waals surface area contributed by atoms with E-state index >= 15 is 0 Å². The third-order valence-corrected chi connectivity index (χ3v) is 2.85. The molecule has 0 unspecified atom stereocenters. The van der Waals surface area contributed by atoms with Crippen LogP contribution in [0.3, 0.4) is 0 Å². The lowest BCUT2D eigenvalue weighted by Crippen LogP contribution is -1.92. The van der Waals surface area contributed by atoms with Gasteiger partial charge in [0, 0.05) is 5.82 Å². The summed E-state index contributed by atoms with van der Waals surface area (Å²) in [7, 11) is -2.90. The van der Waals surface area contributed by atoms with Crippen molar-refractivity contribution < 1.29 is 13.6 Å². The smallest absolute Gasteiger partial charge is 0.306 e. The van der Waals surface area contributed by atoms with Crippen LogP contribution in [-0.2, 0) is 13.6 Å². The molecule has 0 aliphatic rings. The van der Waals surface area contributed by atoms with E-state index < -0.39 is 7.60 Å². The second-order valence-corrected chi connectivity index (χ2v) is 3.75. The van der Waals surface area contributed by atoms with E-state index in [9.17, 15) is 4.57 Å². The fourth-order valence-electron chi connectivity index (χ4n) is 0.666. The highest BCUT2D eigenvalue weighted by Crippen LogP contribution is 2.49. The molecule has 0 fully saturated rings. The monoisotopic (exact) mass is 178 g/mol. The van der Waals surface area contributed by atoms with E-state index in [1.165, 1.54) is 5.82 Å². The normalized spacial score (nSPS) is 12.6. The Labute approximate surface area is 67.9 Å². The predicted octanol–water partition coefficient (Wildman–Crippen LogP) is 2.79. The van der Waals surface area contributed by atoms with Gasteiger partial charge in [-0.1, -0.05) is 6.08 Å². The van der Waals surface area contributed by atoms with Crippen LogP contribution in [0.4, 0.5) is 0 Å². The summed E-state index contributed by atoms with van der Waals surface area (Å²) >= 11 is 0. The second-order valence-electron chi connectivity index (χ2n) is 1.86. The maximum absolute atomic E-state index is 11.5. The van der Waals surface area contributed by atoms with Gasteiger partial charge in [-0.2, -0.15) is 0 Å². The molecule has 0 aromatic rings. The molecule has 0 atom stereocenters. The van der Waals surface area contributed by atoms with Gasteiger partial charge in [-0.25, -0.2) is 0 Å². The molecule has 0 saturated heterocycles. The lowest BCUT2D eigenvalue weighted by atomic mass is 10.8. The number of hydrogen-bond donors (Lipinski definition) is 0. The Morgan fingerprint density at radius 1 is 1.27 bits per heavy atom. The van der Waals surface area contributed by atoms with E-state index in [0.29, 0.717) is 13.2 Å². The fourth-order valence-corrected chi connectivity index (χ4v) is 2.00. The lowest BCUT2D eigenvalue weighted by Gasteiger charge is -2.11. The van der Waals surface area contributed by atoms with E-state index in [1.807, 2.05) is 0 Å². The van der Waals surface area contributed by atoms with Crippen molar-refractivity contribution in [3.05, 3.63) is 11.9 Å². The van der Waals surface area contributed by atoms with Gasteiger partial charge in [0.25, 0.3) is 0 Å². The largest absolute Gasteiger partial charge is 0.353 e. The van der Waals surface area contributed by atoms with Crippen molar-refractivity contribution >= 4 is 7.60 Å². The molecule has 0 N–H and O–H groups in total. The zero-order valence-corrected chi connectivity index (χ0v) is 8.14. The summed E-state index contributed by atoms with van der Waals surface area (Å²) in [5, 5.41) is 0. The Morgan fingerprint density at radius 3 is 2.00 bits per heavy atom. The summed E-state index contributed by atoms with van der Waals surface area (Å²) in [4.78, 5) is 0. The lowest BCUT2D eigenvalue weighted by molar-refractivity contribution is 0.229. The van der Waals surface area contributed by atoms with Gasteiger partial charge >= 0.3 is 7.60 Å². The van der Waals surface area contributed by atoms with Crippen molar-refractivity contribution in [2.24, 2.45) is 0 Å². The molecule has 0 radical (unpaired) electrons. The van der Waals surface area contributed by atoms with Crippen molar-refractivity contribution in [2.45, 2.75) is 20.8 Å². The van der Waals surface area contributed by atoms with Gasteiger partial charge < -0.3 is 9.05 Å². The first kappa shape index (κ1) is 10.9. The van der Waals surface area contributed by atoms with Crippen LogP contribution in [0.5, 0.6) is 0 Å². The molecular weight excluding hydrogens is 163 g/mol. The van der Waals surface area contributed by atoms with Crippen LogP contribution in [0.25, 0.3) is 0 Å². The Morgan fingerprint density at radius 2 is 1.73 bits per heavy atom. The first-order valence-electron chi connectivity index (χ1n) is 3.71. The molecule has 11 heavy (non-hydrogen) atoms. The summed E-state index contributed by atoms with van der Waals surface area (Å²) in [6.45, 7) is 6.16. The van der Waals surface area contributed by atoms with Crippen LogP contribution in [0.1, 0.15) is 20.8 Å². The SMILES string of the molecule is C/C=C\P(=O)(OCC)OCC. The van der Waals surface area contributed by atoms with Gasteiger partial charge in [-0.15, -0.1) is 0 Å². The molecule has 0 bridgehead atoms. The summed E-state index contributed by atoms with van der Waals surface area (Å²) in [5.41, 5.74) is 0. The maximum atomic E-state index is 11.5. The summed E-state index contributed by atoms with van der Waals surface area (Å²) in [6.07, 6.45) is 1.67. The predicted molar refractivity (Wildman–Crippen MR) is 45.7 cm³/mol. The van der Waals surface area contributed by atoms with E-state index in [4.69, 9.17) is 9.05 Å². The average Bonchev–Trinajstić information content (AvgIpc) is 1.88. The van der Waals surface area contributed by atoms with Gasteiger partial charge in [0.1, 0.15) is 0 Å². The molecule has 0 amide bonds. The van der Waals surface area contributed by atoms with Gasteiger partial charge in [0.15, 0.2) is 0 Å². The topological polar surface area (TPSA) is 35.5 Å². The maximum Gasteiger partial charge on any atom is 0.353 e. The third kappa shape index (κ3) is 4.35. The number of hydrogen-bond acceptors (Lipinski definition) is 3. The first-order valence-corrected chi connectivity index (χ1v) is 5.32. The molecule has 0 saturated carbocycles. The quantitative estimate of drug-likeness (QED) is 0.607. The molecule has 0 heterocycles. The Kier molecular flexibility index (Phi) is 5.47. The molecule has 66 valence electrons. The van der Waals surface area contributed by atoms with Crippen LogP contribution in [0.2, 0.25) is 0 Å². The molecule has 4 heteroatoms. The van der Waals surface area contributed by atoms with Crippen LogP contribution >= 0.6 is 7.60 Å². The third-order valence-electron chi connectivity index (χ3n) is 0.950. The molecular formula is C7H15O3P. The van der Waals surface area contributed by atoms with Crippen molar-refractivity contribution in [3.8, 4) is 0 Å². The van der Waals surface area contributed by atoms with Crippen molar-refractivity contribution in [1.82, 2.24) is 0 Å². The van der Waals surface area contributed by atoms with Crippen molar-refractivity contribution in [3.63, 3.8) is 0 Å². The average molecular weight is 178 g/mol. The molecule has 0 aliphatic carbocycles. The number of rotatable bonds is 5. The van der Waals surface area contributed by atoms with Gasteiger partial charge in [-0.05, 0) is 20.8 Å². The van der Waals surface area contributed by atoms with Gasteiger partial charge in [-0.3, -0.25) is 4.57 Å². The van der Waals surface area contributed by atoms with Crippen LogP contribution in [-0.4, -0.2) is 13.2 Å². The Bertz CT molecular complexity index is 155. The zero-order valence-electron chi connectivity index (χ0n) is 7.24. The van der Waals surface area contributed by atoms with Crippen LogP contribution in [0, 0.1) is 0 Å². The van der Waals surface area contributed by atoms with E-state index in [2.05, 4.69) is 0 Å². The van der Waals surface area contributed by atoms with Crippen molar-refractivity contribution in [1.29, 1.82) is 0 Å². The standard InChI is InChI=1S/C7H15O3P/c1-4-7-11(8,9-5-2)10-6-3/h4,7H,5-6H2,1-3H3/b7-4-. The van der Waals surface area contributed by atoms with Gasteiger partial charge in [0.2, 0.25) is 0 Å². The molecule has 0 aromatic heterocycles. The fraction of sp³-hybridized carbons (Fsp3) is 0.714. The first-order chi connectivity index (χ1) is 5.18. The Hall–Kier alpha value is -0.110. The molecule has 0 spiro atoms. The molecule has 0 aromatic carbocycles. The van der Waals surface area contributed by atoms with Gasteiger partial charge in [0.05, 0.1) is 13.2 Å². The van der Waals surface area contributed by atoms with Crippen LogP contribution < -0.4 is 0 Å².